The fourth-order valence-corrected chi connectivity index (χ4v) is 2.29. The summed E-state index contributed by atoms with van der Waals surface area (Å²) in [6.45, 7) is 2.21. The number of rotatable bonds is 1. The van der Waals surface area contributed by atoms with E-state index in [-0.39, 0.29) is 0 Å². The van der Waals surface area contributed by atoms with Crippen molar-refractivity contribution >= 4 is 17.3 Å². The normalized spacial score (nSPS) is 16.1. The Morgan fingerprint density at radius 2 is 1.93 bits per heavy atom. The molecule has 1 heterocycles. The minimum atomic E-state index is 0.771. The van der Waals surface area contributed by atoms with Crippen molar-refractivity contribution in [3.05, 3.63) is 28.8 Å². The molecule has 1 aromatic carbocycles. The van der Waals surface area contributed by atoms with Crippen LogP contribution in [0, 0.1) is 12.3 Å². The van der Waals surface area contributed by atoms with Crippen LogP contribution in [0.4, 0.5) is 5.69 Å². The highest BCUT2D eigenvalue weighted by Gasteiger charge is 2.13. The molecule has 0 bridgehead atoms. The molecule has 78 valence electrons. The summed E-state index contributed by atoms with van der Waals surface area (Å²) < 4.78 is 0. The number of piperidine rings is 1. The van der Waals surface area contributed by atoms with Gasteiger partial charge in [0.05, 0.1) is 10.7 Å². The second-order valence-electron chi connectivity index (χ2n) is 3.86. The lowest BCUT2D eigenvalue weighted by molar-refractivity contribution is 0.578. The summed E-state index contributed by atoms with van der Waals surface area (Å²) >= 11 is 6.20. The number of hydrogen-bond donors (Lipinski definition) is 0. The van der Waals surface area contributed by atoms with Crippen LogP contribution in [0.2, 0.25) is 5.02 Å². The van der Waals surface area contributed by atoms with Gasteiger partial charge in [0.15, 0.2) is 0 Å². The topological polar surface area (TPSA) is 3.24 Å². The first-order valence-electron chi connectivity index (χ1n) is 5.32. The summed E-state index contributed by atoms with van der Waals surface area (Å²) in [5.74, 6) is 2.59. The summed E-state index contributed by atoms with van der Waals surface area (Å²) in [5, 5.41) is 0.771. The fraction of sp³-hybridized carbons (Fsp3) is 0.385. The van der Waals surface area contributed by atoms with Crippen LogP contribution < -0.4 is 4.90 Å². The molecule has 15 heavy (non-hydrogen) atoms. The molecule has 2 heteroatoms. The van der Waals surface area contributed by atoms with Gasteiger partial charge < -0.3 is 4.90 Å². The number of anilines is 1. The monoisotopic (exact) mass is 219 g/mol. The maximum atomic E-state index is 6.20. The molecule has 2 rings (SSSR count). The molecule has 1 aliphatic rings. The van der Waals surface area contributed by atoms with Gasteiger partial charge in [-0.3, -0.25) is 0 Å². The van der Waals surface area contributed by atoms with Crippen LogP contribution in [0.15, 0.2) is 18.2 Å². The predicted molar refractivity (Wildman–Crippen MR) is 65.5 cm³/mol. The molecule has 1 fully saturated rings. The molecule has 1 nitrogen and oxygen atoms in total. The molecular weight excluding hydrogens is 206 g/mol. The molecule has 0 radical (unpaired) electrons. The van der Waals surface area contributed by atoms with Crippen molar-refractivity contribution in [2.45, 2.75) is 19.3 Å². The van der Waals surface area contributed by atoms with Gasteiger partial charge in [-0.2, -0.15) is 0 Å². The number of benzene rings is 1. The van der Waals surface area contributed by atoms with Gasteiger partial charge in [0, 0.05) is 18.7 Å². The van der Waals surface area contributed by atoms with Gasteiger partial charge in [-0.05, 0) is 37.5 Å². The Bertz CT molecular complexity index is 386. The van der Waals surface area contributed by atoms with E-state index in [9.17, 15) is 0 Å². The third kappa shape index (κ3) is 2.27. The molecular formula is C13H14ClN. The molecule has 0 aliphatic carbocycles. The lowest BCUT2D eigenvalue weighted by atomic mass is 10.1. The van der Waals surface area contributed by atoms with Crippen molar-refractivity contribution in [2.24, 2.45) is 0 Å². The first-order chi connectivity index (χ1) is 7.31. The lowest BCUT2D eigenvalue weighted by Gasteiger charge is -2.29. The van der Waals surface area contributed by atoms with E-state index in [1.54, 1.807) is 0 Å². The first-order valence-corrected chi connectivity index (χ1v) is 5.70. The van der Waals surface area contributed by atoms with Gasteiger partial charge in [-0.15, -0.1) is 6.42 Å². The van der Waals surface area contributed by atoms with E-state index in [0.717, 1.165) is 29.4 Å². The third-order valence-corrected chi connectivity index (χ3v) is 3.11. The average molecular weight is 220 g/mol. The van der Waals surface area contributed by atoms with Gasteiger partial charge in [0.1, 0.15) is 0 Å². The van der Waals surface area contributed by atoms with Gasteiger partial charge in [0.25, 0.3) is 0 Å². The summed E-state index contributed by atoms with van der Waals surface area (Å²) in [4.78, 5) is 2.34. The highest BCUT2D eigenvalue weighted by atomic mass is 35.5. The van der Waals surface area contributed by atoms with E-state index in [4.69, 9.17) is 18.0 Å². The van der Waals surface area contributed by atoms with Crippen molar-refractivity contribution in [1.29, 1.82) is 0 Å². The molecule has 0 spiro atoms. The highest BCUT2D eigenvalue weighted by molar-refractivity contribution is 6.33. The SMILES string of the molecule is C#Cc1ccc(N2CCCCC2)c(Cl)c1. The molecule has 1 aliphatic heterocycles. The standard InChI is InChI=1S/C13H14ClN/c1-2-11-6-7-13(12(14)10-11)15-8-4-3-5-9-15/h1,6-7,10H,3-5,8-9H2. The zero-order valence-corrected chi connectivity index (χ0v) is 9.43. The molecule has 0 aromatic heterocycles. The van der Waals surface area contributed by atoms with Gasteiger partial charge in [-0.25, -0.2) is 0 Å². The van der Waals surface area contributed by atoms with Crippen molar-refractivity contribution in [1.82, 2.24) is 0 Å². The van der Waals surface area contributed by atoms with Gasteiger partial charge in [-0.1, -0.05) is 17.5 Å². The van der Waals surface area contributed by atoms with Crippen molar-refractivity contribution in [3.8, 4) is 12.3 Å². The van der Waals surface area contributed by atoms with Crippen molar-refractivity contribution in [2.75, 3.05) is 18.0 Å². The average Bonchev–Trinajstić information content (AvgIpc) is 2.30. The number of hydrogen-bond acceptors (Lipinski definition) is 1. The van der Waals surface area contributed by atoms with E-state index in [2.05, 4.69) is 10.8 Å². The van der Waals surface area contributed by atoms with Crippen LogP contribution in [0.5, 0.6) is 0 Å². The summed E-state index contributed by atoms with van der Waals surface area (Å²) in [5.41, 5.74) is 1.97. The van der Waals surface area contributed by atoms with Crippen LogP contribution in [-0.4, -0.2) is 13.1 Å². The minimum Gasteiger partial charge on any atom is -0.370 e. The summed E-state index contributed by atoms with van der Waals surface area (Å²) in [6, 6.07) is 5.85. The molecule has 0 N–H and O–H groups in total. The maximum Gasteiger partial charge on any atom is 0.0651 e. The molecule has 0 amide bonds. The Morgan fingerprint density at radius 3 is 2.53 bits per heavy atom. The predicted octanol–water partition coefficient (Wildman–Crippen LogP) is 3.31. The molecule has 0 unspecified atom stereocenters. The van der Waals surface area contributed by atoms with E-state index in [1.165, 1.54) is 19.3 Å². The lowest BCUT2D eigenvalue weighted by Crippen LogP contribution is -2.29. The maximum absolute atomic E-state index is 6.20. The second kappa shape index (κ2) is 4.59. The number of nitrogens with zero attached hydrogens (tertiary/aromatic N) is 1. The van der Waals surface area contributed by atoms with E-state index in [1.807, 2.05) is 18.2 Å². The van der Waals surface area contributed by atoms with Gasteiger partial charge in [0.2, 0.25) is 0 Å². The Hall–Kier alpha value is -1.13. The summed E-state index contributed by atoms with van der Waals surface area (Å²) in [7, 11) is 0. The van der Waals surface area contributed by atoms with E-state index < -0.39 is 0 Å². The van der Waals surface area contributed by atoms with E-state index >= 15 is 0 Å². The number of terminal acetylenes is 1. The Labute approximate surface area is 96.0 Å². The highest BCUT2D eigenvalue weighted by Crippen LogP contribution is 2.28. The minimum absolute atomic E-state index is 0.771. The molecule has 1 aromatic rings. The second-order valence-corrected chi connectivity index (χ2v) is 4.27. The third-order valence-electron chi connectivity index (χ3n) is 2.81. The number of halogens is 1. The Balaban J connectivity index is 2.24. The van der Waals surface area contributed by atoms with Crippen LogP contribution in [0.1, 0.15) is 24.8 Å². The van der Waals surface area contributed by atoms with E-state index in [0.29, 0.717) is 0 Å². The summed E-state index contributed by atoms with van der Waals surface area (Å²) in [6.07, 6.45) is 9.17. The Morgan fingerprint density at radius 1 is 1.20 bits per heavy atom. The van der Waals surface area contributed by atoms with Crippen LogP contribution >= 0.6 is 11.6 Å². The smallest absolute Gasteiger partial charge is 0.0651 e. The largest absolute Gasteiger partial charge is 0.370 e. The molecule has 0 saturated carbocycles. The first kappa shape index (κ1) is 10.4. The zero-order valence-electron chi connectivity index (χ0n) is 8.67. The Kier molecular flexibility index (Phi) is 3.18. The van der Waals surface area contributed by atoms with Crippen molar-refractivity contribution < 1.29 is 0 Å². The molecule has 0 atom stereocenters. The van der Waals surface area contributed by atoms with Crippen LogP contribution in [0.3, 0.4) is 0 Å². The zero-order chi connectivity index (χ0) is 10.7. The molecule has 1 saturated heterocycles. The van der Waals surface area contributed by atoms with Crippen LogP contribution in [-0.2, 0) is 0 Å². The fourth-order valence-electron chi connectivity index (χ4n) is 1.99. The van der Waals surface area contributed by atoms with Crippen molar-refractivity contribution in [3.63, 3.8) is 0 Å². The van der Waals surface area contributed by atoms with Crippen LogP contribution in [0.25, 0.3) is 0 Å². The quantitative estimate of drug-likeness (QED) is 0.655. The van der Waals surface area contributed by atoms with Gasteiger partial charge >= 0.3 is 0 Å².